The largest absolute Gasteiger partial charge is 0.351 e. The normalized spacial score (nSPS) is 10.5. The standard InChI is InChI=1S/C13H15BrN2S/c1-3-16(9-11-5-4-8-17-11)13-12(14)10(2)6-7-15-13/h4-8H,3,9H2,1-2H3. The first-order chi connectivity index (χ1) is 8.22. The van der Waals surface area contributed by atoms with Crippen LogP contribution in [-0.2, 0) is 6.54 Å². The summed E-state index contributed by atoms with van der Waals surface area (Å²) >= 11 is 5.41. The molecule has 0 aliphatic heterocycles. The van der Waals surface area contributed by atoms with Crippen LogP contribution in [0.15, 0.2) is 34.2 Å². The summed E-state index contributed by atoms with van der Waals surface area (Å²) in [6.07, 6.45) is 1.87. The van der Waals surface area contributed by atoms with Crippen molar-refractivity contribution in [2.24, 2.45) is 0 Å². The summed E-state index contributed by atoms with van der Waals surface area (Å²) in [7, 11) is 0. The second-order valence-corrected chi connectivity index (χ2v) is 5.68. The highest BCUT2D eigenvalue weighted by molar-refractivity contribution is 9.10. The van der Waals surface area contributed by atoms with Gasteiger partial charge in [0, 0.05) is 17.6 Å². The minimum atomic E-state index is 0.920. The number of rotatable bonds is 4. The summed E-state index contributed by atoms with van der Waals surface area (Å²) < 4.78 is 1.10. The first-order valence-electron chi connectivity index (χ1n) is 5.60. The number of hydrogen-bond acceptors (Lipinski definition) is 3. The first kappa shape index (κ1) is 12.6. The molecule has 2 rings (SSSR count). The summed E-state index contributed by atoms with van der Waals surface area (Å²) in [5, 5.41) is 2.11. The Morgan fingerprint density at radius 2 is 2.24 bits per heavy atom. The van der Waals surface area contributed by atoms with Crippen molar-refractivity contribution in [1.82, 2.24) is 4.98 Å². The molecule has 0 amide bonds. The van der Waals surface area contributed by atoms with Gasteiger partial charge in [-0.05, 0) is 52.9 Å². The highest BCUT2D eigenvalue weighted by Crippen LogP contribution is 2.28. The van der Waals surface area contributed by atoms with Gasteiger partial charge in [0.15, 0.2) is 0 Å². The minimum absolute atomic E-state index is 0.920. The Morgan fingerprint density at radius 3 is 2.88 bits per heavy atom. The molecule has 0 N–H and O–H groups in total. The van der Waals surface area contributed by atoms with Crippen LogP contribution in [0.5, 0.6) is 0 Å². The molecule has 17 heavy (non-hydrogen) atoms. The van der Waals surface area contributed by atoms with Crippen molar-refractivity contribution in [3.63, 3.8) is 0 Å². The molecule has 0 saturated carbocycles. The Morgan fingerprint density at radius 1 is 1.41 bits per heavy atom. The number of aryl methyl sites for hydroxylation is 1. The maximum Gasteiger partial charge on any atom is 0.143 e. The lowest BCUT2D eigenvalue weighted by molar-refractivity contribution is 0.819. The highest BCUT2D eigenvalue weighted by atomic mass is 79.9. The van der Waals surface area contributed by atoms with Crippen LogP contribution in [0.2, 0.25) is 0 Å². The van der Waals surface area contributed by atoms with Gasteiger partial charge in [-0.25, -0.2) is 4.98 Å². The molecule has 2 aromatic heterocycles. The van der Waals surface area contributed by atoms with Crippen LogP contribution < -0.4 is 4.90 Å². The molecule has 0 atom stereocenters. The molecule has 0 radical (unpaired) electrons. The summed E-state index contributed by atoms with van der Waals surface area (Å²) in [6.45, 7) is 6.12. The van der Waals surface area contributed by atoms with Gasteiger partial charge in [-0.1, -0.05) is 6.07 Å². The van der Waals surface area contributed by atoms with E-state index < -0.39 is 0 Å². The van der Waals surface area contributed by atoms with E-state index in [4.69, 9.17) is 0 Å². The average molecular weight is 311 g/mol. The fourth-order valence-electron chi connectivity index (χ4n) is 1.67. The molecule has 0 aliphatic carbocycles. The predicted octanol–water partition coefficient (Wildman–Crippen LogP) is 4.24. The monoisotopic (exact) mass is 310 g/mol. The number of halogens is 1. The lowest BCUT2D eigenvalue weighted by Gasteiger charge is -2.23. The lowest BCUT2D eigenvalue weighted by Crippen LogP contribution is -2.23. The maximum absolute atomic E-state index is 4.47. The molecule has 4 heteroatoms. The third-order valence-electron chi connectivity index (χ3n) is 2.67. The van der Waals surface area contributed by atoms with Crippen LogP contribution in [0.25, 0.3) is 0 Å². The third-order valence-corrected chi connectivity index (χ3v) is 4.51. The Kier molecular flexibility index (Phi) is 4.18. The maximum atomic E-state index is 4.47. The van der Waals surface area contributed by atoms with Crippen molar-refractivity contribution in [1.29, 1.82) is 0 Å². The topological polar surface area (TPSA) is 16.1 Å². The van der Waals surface area contributed by atoms with E-state index in [0.717, 1.165) is 23.4 Å². The minimum Gasteiger partial charge on any atom is -0.351 e. The predicted molar refractivity (Wildman–Crippen MR) is 77.7 cm³/mol. The number of thiophene rings is 1. The number of pyridine rings is 1. The Balaban J connectivity index is 2.26. The van der Waals surface area contributed by atoms with Crippen LogP contribution in [0.3, 0.4) is 0 Å². The van der Waals surface area contributed by atoms with Gasteiger partial charge in [-0.15, -0.1) is 11.3 Å². The molecule has 2 aromatic rings. The van der Waals surface area contributed by atoms with Gasteiger partial charge in [0.25, 0.3) is 0 Å². The number of hydrogen-bond donors (Lipinski definition) is 0. The quantitative estimate of drug-likeness (QED) is 0.839. The Labute approximate surface area is 114 Å². The number of aromatic nitrogens is 1. The van der Waals surface area contributed by atoms with Gasteiger partial charge < -0.3 is 4.90 Å². The van der Waals surface area contributed by atoms with Gasteiger partial charge in [-0.3, -0.25) is 0 Å². The van der Waals surface area contributed by atoms with Crippen LogP contribution in [0, 0.1) is 6.92 Å². The van der Waals surface area contributed by atoms with E-state index in [1.54, 1.807) is 11.3 Å². The second-order valence-electron chi connectivity index (χ2n) is 3.86. The van der Waals surface area contributed by atoms with E-state index in [9.17, 15) is 0 Å². The van der Waals surface area contributed by atoms with Crippen molar-refractivity contribution in [2.45, 2.75) is 20.4 Å². The van der Waals surface area contributed by atoms with Gasteiger partial charge in [0.1, 0.15) is 5.82 Å². The van der Waals surface area contributed by atoms with E-state index in [2.05, 4.69) is 57.2 Å². The van der Waals surface area contributed by atoms with Gasteiger partial charge in [0.2, 0.25) is 0 Å². The third kappa shape index (κ3) is 2.87. The van der Waals surface area contributed by atoms with Crippen molar-refractivity contribution in [3.05, 3.63) is 44.7 Å². The SMILES string of the molecule is CCN(Cc1cccs1)c1nccc(C)c1Br. The average Bonchev–Trinajstić information content (AvgIpc) is 2.83. The molecule has 0 unspecified atom stereocenters. The zero-order chi connectivity index (χ0) is 12.3. The zero-order valence-electron chi connectivity index (χ0n) is 9.98. The Hall–Kier alpha value is -0.870. The molecule has 0 saturated heterocycles. The van der Waals surface area contributed by atoms with Crippen molar-refractivity contribution in [2.75, 3.05) is 11.4 Å². The number of nitrogens with zero attached hydrogens (tertiary/aromatic N) is 2. The molecule has 0 aliphatic rings. The Bertz CT molecular complexity index is 482. The summed E-state index contributed by atoms with van der Waals surface area (Å²) in [6, 6.07) is 6.27. The van der Waals surface area contributed by atoms with Crippen LogP contribution in [-0.4, -0.2) is 11.5 Å². The molecule has 2 nitrogen and oxygen atoms in total. The molecule has 90 valence electrons. The van der Waals surface area contributed by atoms with E-state index in [0.29, 0.717) is 0 Å². The summed E-state index contributed by atoms with van der Waals surface area (Å²) in [5.74, 6) is 1.03. The number of anilines is 1. The second kappa shape index (κ2) is 5.65. The van der Waals surface area contributed by atoms with Gasteiger partial charge in [-0.2, -0.15) is 0 Å². The van der Waals surface area contributed by atoms with Crippen LogP contribution in [0.1, 0.15) is 17.4 Å². The fraction of sp³-hybridized carbons (Fsp3) is 0.308. The van der Waals surface area contributed by atoms with Gasteiger partial charge >= 0.3 is 0 Å². The smallest absolute Gasteiger partial charge is 0.143 e. The molecule has 2 heterocycles. The lowest BCUT2D eigenvalue weighted by atomic mass is 10.3. The van der Waals surface area contributed by atoms with Crippen molar-refractivity contribution in [3.8, 4) is 0 Å². The van der Waals surface area contributed by atoms with Gasteiger partial charge in [0.05, 0.1) is 11.0 Å². The highest BCUT2D eigenvalue weighted by Gasteiger charge is 2.12. The molecular formula is C13H15BrN2S. The zero-order valence-corrected chi connectivity index (χ0v) is 12.4. The van der Waals surface area contributed by atoms with Crippen molar-refractivity contribution >= 4 is 33.1 Å². The molecular weight excluding hydrogens is 296 g/mol. The van der Waals surface area contributed by atoms with Crippen molar-refractivity contribution < 1.29 is 0 Å². The summed E-state index contributed by atoms with van der Waals surface area (Å²) in [5.41, 5.74) is 1.22. The van der Waals surface area contributed by atoms with Crippen LogP contribution >= 0.6 is 27.3 Å². The molecule has 0 fully saturated rings. The van der Waals surface area contributed by atoms with Crippen LogP contribution in [0.4, 0.5) is 5.82 Å². The van der Waals surface area contributed by atoms with E-state index >= 15 is 0 Å². The van der Waals surface area contributed by atoms with E-state index in [1.165, 1.54) is 10.4 Å². The molecule has 0 aromatic carbocycles. The first-order valence-corrected chi connectivity index (χ1v) is 7.28. The fourth-order valence-corrected chi connectivity index (χ4v) is 2.88. The summed E-state index contributed by atoms with van der Waals surface area (Å²) in [4.78, 5) is 8.12. The molecule has 0 bridgehead atoms. The van der Waals surface area contributed by atoms with E-state index in [1.807, 2.05) is 12.3 Å². The molecule has 0 spiro atoms. The van der Waals surface area contributed by atoms with E-state index in [-0.39, 0.29) is 0 Å².